The van der Waals surface area contributed by atoms with Gasteiger partial charge in [0.15, 0.2) is 0 Å². The first kappa shape index (κ1) is 15.7. The molecule has 0 spiro atoms. The molecule has 4 heteroatoms. The summed E-state index contributed by atoms with van der Waals surface area (Å²) in [5, 5.41) is 3.78. The highest BCUT2D eigenvalue weighted by Crippen LogP contribution is 2.34. The van der Waals surface area contributed by atoms with Gasteiger partial charge >= 0.3 is 0 Å². The summed E-state index contributed by atoms with van der Waals surface area (Å²) in [7, 11) is 1.86. The topological polar surface area (TPSA) is 33.7 Å². The van der Waals surface area contributed by atoms with Gasteiger partial charge in [-0.3, -0.25) is 0 Å². The quantitative estimate of drug-likeness (QED) is 0.811. The first-order chi connectivity index (χ1) is 10.2. The molecule has 122 valence electrons. The molecule has 0 amide bonds. The third-order valence-corrected chi connectivity index (χ3v) is 5.73. The second kappa shape index (κ2) is 6.95. The third-order valence-electron chi connectivity index (χ3n) is 5.73. The van der Waals surface area contributed by atoms with E-state index in [0.717, 1.165) is 25.8 Å². The largest absolute Gasteiger partial charge is 0.381 e. The summed E-state index contributed by atoms with van der Waals surface area (Å²) in [6.45, 7) is 8.91. The van der Waals surface area contributed by atoms with Crippen molar-refractivity contribution in [3.05, 3.63) is 0 Å². The van der Waals surface area contributed by atoms with E-state index in [4.69, 9.17) is 9.47 Å². The average molecular weight is 296 g/mol. The molecule has 2 unspecified atom stereocenters. The summed E-state index contributed by atoms with van der Waals surface area (Å²) in [6.07, 6.45) is 6.83. The molecule has 1 aliphatic carbocycles. The van der Waals surface area contributed by atoms with E-state index in [1.54, 1.807) is 0 Å². The lowest BCUT2D eigenvalue weighted by Crippen LogP contribution is -2.52. The van der Waals surface area contributed by atoms with Gasteiger partial charge in [0.05, 0.1) is 6.10 Å². The normalized spacial score (nSPS) is 34.0. The van der Waals surface area contributed by atoms with Crippen LogP contribution >= 0.6 is 0 Å². The molecule has 2 saturated heterocycles. The second-order valence-electron chi connectivity index (χ2n) is 7.54. The van der Waals surface area contributed by atoms with Crippen molar-refractivity contribution in [3.63, 3.8) is 0 Å². The number of rotatable bonds is 6. The molecule has 2 aliphatic heterocycles. The second-order valence-corrected chi connectivity index (χ2v) is 7.54. The van der Waals surface area contributed by atoms with Gasteiger partial charge in [-0.1, -0.05) is 6.92 Å². The van der Waals surface area contributed by atoms with E-state index in [-0.39, 0.29) is 0 Å². The van der Waals surface area contributed by atoms with E-state index in [2.05, 4.69) is 17.1 Å². The molecule has 0 bridgehead atoms. The van der Waals surface area contributed by atoms with E-state index >= 15 is 0 Å². The number of ether oxygens (including phenoxy) is 2. The van der Waals surface area contributed by atoms with Crippen LogP contribution in [0.15, 0.2) is 0 Å². The maximum atomic E-state index is 5.68. The van der Waals surface area contributed by atoms with Crippen LogP contribution in [0.1, 0.15) is 39.0 Å². The Labute approximate surface area is 129 Å². The summed E-state index contributed by atoms with van der Waals surface area (Å²) >= 11 is 0. The van der Waals surface area contributed by atoms with Crippen molar-refractivity contribution >= 4 is 0 Å². The maximum absolute atomic E-state index is 5.68. The number of hydrogen-bond acceptors (Lipinski definition) is 4. The van der Waals surface area contributed by atoms with Crippen LogP contribution in [0.4, 0.5) is 0 Å². The van der Waals surface area contributed by atoms with Crippen molar-refractivity contribution in [2.45, 2.75) is 51.2 Å². The number of methoxy groups -OCH3 is 1. The summed E-state index contributed by atoms with van der Waals surface area (Å²) in [5.74, 6) is 0.696. The number of likely N-dealkylation sites (tertiary alicyclic amines) is 1. The first-order valence-corrected chi connectivity index (χ1v) is 8.77. The molecule has 1 N–H and O–H groups in total. The zero-order chi connectivity index (χ0) is 14.7. The van der Waals surface area contributed by atoms with E-state index in [0.29, 0.717) is 17.4 Å². The van der Waals surface area contributed by atoms with Gasteiger partial charge in [-0.15, -0.1) is 0 Å². The molecule has 21 heavy (non-hydrogen) atoms. The lowest BCUT2D eigenvalue weighted by Gasteiger charge is -2.44. The zero-order valence-corrected chi connectivity index (χ0v) is 13.8. The monoisotopic (exact) mass is 296 g/mol. The van der Waals surface area contributed by atoms with Gasteiger partial charge in [0, 0.05) is 46.0 Å². The standard InChI is InChI=1S/C17H32N2O2/c1-14-5-8-19(11-16(14)20-2)13-17(6-9-21-10-7-17)12-18-15-3-4-15/h14-16,18H,3-13H2,1-2H3. The number of nitrogens with one attached hydrogen (secondary N) is 1. The van der Waals surface area contributed by atoms with Crippen LogP contribution in [0.5, 0.6) is 0 Å². The first-order valence-electron chi connectivity index (χ1n) is 8.77. The number of piperidine rings is 1. The van der Waals surface area contributed by atoms with Crippen LogP contribution in [0, 0.1) is 11.3 Å². The SMILES string of the molecule is COC1CN(CC2(CNC3CC3)CCOCC2)CCC1C. The summed E-state index contributed by atoms with van der Waals surface area (Å²) in [6, 6.07) is 0.804. The Balaban J connectivity index is 1.57. The Morgan fingerprint density at radius 3 is 2.67 bits per heavy atom. The summed E-state index contributed by atoms with van der Waals surface area (Å²) < 4.78 is 11.3. The Bertz CT molecular complexity index is 327. The van der Waals surface area contributed by atoms with Crippen LogP contribution < -0.4 is 5.32 Å². The van der Waals surface area contributed by atoms with Gasteiger partial charge in [-0.05, 0) is 50.0 Å². The van der Waals surface area contributed by atoms with Crippen LogP contribution in [-0.2, 0) is 9.47 Å². The lowest BCUT2D eigenvalue weighted by molar-refractivity contribution is -0.0426. The van der Waals surface area contributed by atoms with Crippen LogP contribution in [0.25, 0.3) is 0 Å². The predicted octanol–water partition coefficient (Wildman–Crippen LogP) is 1.89. The van der Waals surface area contributed by atoms with E-state index in [1.807, 2.05) is 7.11 Å². The fraction of sp³-hybridized carbons (Fsp3) is 1.00. The number of hydrogen-bond donors (Lipinski definition) is 1. The van der Waals surface area contributed by atoms with Crippen LogP contribution in [-0.4, -0.2) is 63.5 Å². The van der Waals surface area contributed by atoms with Crippen molar-refractivity contribution in [2.75, 3.05) is 46.5 Å². The number of nitrogens with zero attached hydrogens (tertiary/aromatic N) is 1. The molecule has 0 aromatic carbocycles. The molecule has 2 heterocycles. The van der Waals surface area contributed by atoms with Crippen molar-refractivity contribution in [2.24, 2.45) is 11.3 Å². The van der Waals surface area contributed by atoms with E-state index in [9.17, 15) is 0 Å². The van der Waals surface area contributed by atoms with Crippen LogP contribution in [0.2, 0.25) is 0 Å². The fourth-order valence-corrected chi connectivity index (χ4v) is 3.87. The minimum Gasteiger partial charge on any atom is -0.381 e. The molecule has 4 nitrogen and oxygen atoms in total. The highest BCUT2D eigenvalue weighted by molar-refractivity contribution is 4.92. The Hall–Kier alpha value is -0.160. The molecule has 3 aliphatic rings. The molecular weight excluding hydrogens is 264 g/mol. The Morgan fingerprint density at radius 1 is 1.24 bits per heavy atom. The molecule has 1 saturated carbocycles. The maximum Gasteiger partial charge on any atom is 0.0724 e. The highest BCUT2D eigenvalue weighted by Gasteiger charge is 2.38. The van der Waals surface area contributed by atoms with Crippen molar-refractivity contribution in [1.29, 1.82) is 0 Å². The molecule has 3 fully saturated rings. The van der Waals surface area contributed by atoms with Gasteiger partial charge in [0.1, 0.15) is 0 Å². The molecule has 2 atom stereocenters. The van der Waals surface area contributed by atoms with Gasteiger partial charge in [0.2, 0.25) is 0 Å². The summed E-state index contributed by atoms with van der Waals surface area (Å²) in [5.41, 5.74) is 0.416. The van der Waals surface area contributed by atoms with E-state index < -0.39 is 0 Å². The Kier molecular flexibility index (Phi) is 5.20. The van der Waals surface area contributed by atoms with E-state index in [1.165, 1.54) is 51.7 Å². The fourth-order valence-electron chi connectivity index (χ4n) is 3.87. The summed E-state index contributed by atoms with van der Waals surface area (Å²) in [4.78, 5) is 2.65. The molecule has 0 aromatic heterocycles. The van der Waals surface area contributed by atoms with Crippen LogP contribution in [0.3, 0.4) is 0 Å². The molecule has 0 radical (unpaired) electrons. The van der Waals surface area contributed by atoms with Gasteiger partial charge in [-0.2, -0.15) is 0 Å². The highest BCUT2D eigenvalue weighted by atomic mass is 16.5. The van der Waals surface area contributed by atoms with Crippen molar-refractivity contribution in [3.8, 4) is 0 Å². The lowest BCUT2D eigenvalue weighted by atomic mass is 9.78. The smallest absolute Gasteiger partial charge is 0.0724 e. The Morgan fingerprint density at radius 2 is 2.00 bits per heavy atom. The van der Waals surface area contributed by atoms with Gasteiger partial charge in [0.25, 0.3) is 0 Å². The average Bonchev–Trinajstić information content (AvgIpc) is 3.33. The van der Waals surface area contributed by atoms with Crippen molar-refractivity contribution in [1.82, 2.24) is 10.2 Å². The minimum atomic E-state index is 0.409. The molecule has 0 aromatic rings. The minimum absolute atomic E-state index is 0.409. The van der Waals surface area contributed by atoms with Crippen molar-refractivity contribution < 1.29 is 9.47 Å². The third kappa shape index (κ3) is 4.19. The predicted molar refractivity (Wildman–Crippen MR) is 84.5 cm³/mol. The molecular formula is C17H32N2O2. The van der Waals surface area contributed by atoms with Gasteiger partial charge in [-0.25, -0.2) is 0 Å². The zero-order valence-electron chi connectivity index (χ0n) is 13.8. The van der Waals surface area contributed by atoms with Gasteiger partial charge < -0.3 is 19.7 Å². The molecule has 3 rings (SSSR count).